The molecule has 2 rings (SSSR count). The molecule has 1 fully saturated rings. The van der Waals surface area contributed by atoms with Crippen molar-refractivity contribution >= 4 is 0 Å². The molecule has 0 radical (unpaired) electrons. The maximum atomic E-state index is 6.06. The minimum Gasteiger partial charge on any atom is -0.496 e. The molecule has 0 heterocycles. The molecule has 1 saturated carbocycles. The zero-order valence-corrected chi connectivity index (χ0v) is 12.0. The second-order valence-electron chi connectivity index (χ2n) is 5.10. The van der Waals surface area contributed by atoms with Crippen molar-refractivity contribution in [3.05, 3.63) is 17.7 Å². The topological polar surface area (TPSA) is 53.7 Å². The van der Waals surface area contributed by atoms with Gasteiger partial charge in [0.1, 0.15) is 5.75 Å². The Morgan fingerprint density at radius 3 is 1.95 bits per heavy atom. The maximum absolute atomic E-state index is 6.06. The van der Waals surface area contributed by atoms with Crippen molar-refractivity contribution in [2.75, 3.05) is 27.9 Å². The summed E-state index contributed by atoms with van der Waals surface area (Å²) in [4.78, 5) is 0. The molecule has 0 atom stereocenters. The summed E-state index contributed by atoms with van der Waals surface area (Å²) in [7, 11) is 4.97. The number of methoxy groups -OCH3 is 3. The van der Waals surface area contributed by atoms with Gasteiger partial charge in [-0.1, -0.05) is 12.8 Å². The summed E-state index contributed by atoms with van der Waals surface area (Å²) in [5.41, 5.74) is 7.22. The zero-order valence-electron chi connectivity index (χ0n) is 12.0. The third-order valence-electron chi connectivity index (χ3n) is 4.23. The molecule has 0 bridgehead atoms. The Balaban J connectivity index is 2.54. The van der Waals surface area contributed by atoms with E-state index in [0.717, 1.165) is 29.9 Å². The number of rotatable bonds is 5. The first kappa shape index (κ1) is 14.0. The predicted molar refractivity (Wildman–Crippen MR) is 75.3 cm³/mol. The molecule has 1 aromatic carbocycles. The molecule has 4 nitrogen and oxygen atoms in total. The van der Waals surface area contributed by atoms with Crippen molar-refractivity contribution < 1.29 is 14.2 Å². The molecule has 1 aliphatic rings. The Labute approximate surface area is 114 Å². The fourth-order valence-electron chi connectivity index (χ4n) is 3.08. The molecule has 4 heteroatoms. The monoisotopic (exact) mass is 265 g/mol. The van der Waals surface area contributed by atoms with Crippen LogP contribution < -0.4 is 19.9 Å². The van der Waals surface area contributed by atoms with Crippen LogP contribution in [0.5, 0.6) is 17.2 Å². The number of benzene rings is 1. The Hall–Kier alpha value is -1.42. The Morgan fingerprint density at radius 2 is 1.47 bits per heavy atom. The molecular formula is C15H23NO3. The van der Waals surface area contributed by atoms with Crippen molar-refractivity contribution in [1.82, 2.24) is 0 Å². The molecule has 0 spiro atoms. The molecule has 0 unspecified atom stereocenters. The highest BCUT2D eigenvalue weighted by Crippen LogP contribution is 2.47. The average molecular weight is 265 g/mol. The fourth-order valence-corrected chi connectivity index (χ4v) is 3.08. The molecule has 0 aromatic heterocycles. The smallest absolute Gasteiger partial charge is 0.164 e. The summed E-state index contributed by atoms with van der Waals surface area (Å²) in [6.07, 6.45) is 4.65. The van der Waals surface area contributed by atoms with Gasteiger partial charge in [-0.25, -0.2) is 0 Å². The first-order valence-corrected chi connectivity index (χ1v) is 6.71. The maximum Gasteiger partial charge on any atom is 0.164 e. The third-order valence-corrected chi connectivity index (χ3v) is 4.23. The molecule has 19 heavy (non-hydrogen) atoms. The molecule has 1 aromatic rings. The fraction of sp³-hybridized carbons (Fsp3) is 0.600. The van der Waals surface area contributed by atoms with Gasteiger partial charge in [-0.15, -0.1) is 0 Å². The minimum absolute atomic E-state index is 0.0187. The van der Waals surface area contributed by atoms with Crippen molar-refractivity contribution in [1.29, 1.82) is 0 Å². The number of hydrogen-bond donors (Lipinski definition) is 1. The van der Waals surface area contributed by atoms with Crippen LogP contribution in [0.3, 0.4) is 0 Å². The summed E-state index contributed by atoms with van der Waals surface area (Å²) in [5.74, 6) is 2.26. The molecule has 0 saturated heterocycles. The first-order valence-electron chi connectivity index (χ1n) is 6.71. The lowest BCUT2D eigenvalue weighted by Crippen LogP contribution is -2.32. The normalized spacial score (nSPS) is 17.3. The Kier molecular flexibility index (Phi) is 4.20. The van der Waals surface area contributed by atoms with E-state index >= 15 is 0 Å². The molecule has 0 amide bonds. The summed E-state index contributed by atoms with van der Waals surface area (Å²) in [6, 6.07) is 3.92. The highest BCUT2D eigenvalue weighted by molar-refractivity contribution is 5.53. The summed E-state index contributed by atoms with van der Waals surface area (Å²) in [6.45, 7) is 0.638. The number of ether oxygens (including phenoxy) is 3. The lowest BCUT2D eigenvalue weighted by atomic mass is 9.78. The second-order valence-corrected chi connectivity index (χ2v) is 5.10. The highest BCUT2D eigenvalue weighted by atomic mass is 16.5. The zero-order chi connectivity index (χ0) is 13.9. The van der Waals surface area contributed by atoms with Crippen molar-refractivity contribution in [2.45, 2.75) is 31.1 Å². The van der Waals surface area contributed by atoms with Crippen LogP contribution >= 0.6 is 0 Å². The number of nitrogens with two attached hydrogens (primary N) is 1. The minimum atomic E-state index is 0.0187. The van der Waals surface area contributed by atoms with E-state index in [0.29, 0.717) is 12.3 Å². The third kappa shape index (κ3) is 2.37. The van der Waals surface area contributed by atoms with Crippen LogP contribution in [0.25, 0.3) is 0 Å². The van der Waals surface area contributed by atoms with E-state index in [1.807, 2.05) is 12.1 Å². The largest absolute Gasteiger partial charge is 0.496 e. The van der Waals surface area contributed by atoms with Gasteiger partial charge in [-0.3, -0.25) is 0 Å². The van der Waals surface area contributed by atoms with Crippen molar-refractivity contribution in [3.63, 3.8) is 0 Å². The summed E-state index contributed by atoms with van der Waals surface area (Å²) < 4.78 is 16.3. The Bertz CT molecular complexity index is 439. The van der Waals surface area contributed by atoms with Crippen LogP contribution in [0.4, 0.5) is 0 Å². The van der Waals surface area contributed by atoms with Gasteiger partial charge in [-0.05, 0) is 18.9 Å². The SMILES string of the molecule is COc1cc(OC)c(C2(CN)CCCC2)cc1OC. The van der Waals surface area contributed by atoms with Gasteiger partial charge >= 0.3 is 0 Å². The molecule has 1 aliphatic carbocycles. The van der Waals surface area contributed by atoms with Gasteiger partial charge < -0.3 is 19.9 Å². The van der Waals surface area contributed by atoms with E-state index in [2.05, 4.69) is 0 Å². The lowest BCUT2D eigenvalue weighted by molar-refractivity contribution is 0.339. The van der Waals surface area contributed by atoms with Crippen LogP contribution in [0.2, 0.25) is 0 Å². The van der Waals surface area contributed by atoms with E-state index in [4.69, 9.17) is 19.9 Å². The summed E-state index contributed by atoms with van der Waals surface area (Å²) >= 11 is 0. The first-order chi connectivity index (χ1) is 9.20. The van der Waals surface area contributed by atoms with E-state index in [1.54, 1.807) is 21.3 Å². The van der Waals surface area contributed by atoms with Crippen LogP contribution in [0, 0.1) is 0 Å². The van der Waals surface area contributed by atoms with Crippen LogP contribution in [-0.4, -0.2) is 27.9 Å². The van der Waals surface area contributed by atoms with E-state index in [1.165, 1.54) is 12.8 Å². The molecule has 0 aliphatic heterocycles. The van der Waals surface area contributed by atoms with Gasteiger partial charge in [0.15, 0.2) is 11.5 Å². The molecule has 106 valence electrons. The molecular weight excluding hydrogens is 242 g/mol. The van der Waals surface area contributed by atoms with Gasteiger partial charge in [0.25, 0.3) is 0 Å². The lowest BCUT2D eigenvalue weighted by Gasteiger charge is -2.30. The molecule has 2 N–H and O–H groups in total. The van der Waals surface area contributed by atoms with E-state index < -0.39 is 0 Å². The average Bonchev–Trinajstić information content (AvgIpc) is 2.95. The van der Waals surface area contributed by atoms with Crippen molar-refractivity contribution in [3.8, 4) is 17.2 Å². The van der Waals surface area contributed by atoms with Crippen molar-refractivity contribution in [2.24, 2.45) is 5.73 Å². The predicted octanol–water partition coefficient (Wildman–Crippen LogP) is 2.48. The second kappa shape index (κ2) is 5.70. The van der Waals surface area contributed by atoms with Gasteiger partial charge in [0, 0.05) is 23.6 Å². The van der Waals surface area contributed by atoms with Gasteiger partial charge in [0.05, 0.1) is 21.3 Å². The van der Waals surface area contributed by atoms with Gasteiger partial charge in [-0.2, -0.15) is 0 Å². The highest BCUT2D eigenvalue weighted by Gasteiger charge is 2.37. The van der Waals surface area contributed by atoms with Crippen LogP contribution in [0.1, 0.15) is 31.2 Å². The van der Waals surface area contributed by atoms with Crippen LogP contribution in [-0.2, 0) is 5.41 Å². The standard InChI is InChI=1S/C15H23NO3/c1-17-12-9-14(19-3)13(18-2)8-11(12)15(10-16)6-4-5-7-15/h8-9H,4-7,10,16H2,1-3H3. The van der Waals surface area contributed by atoms with E-state index in [9.17, 15) is 0 Å². The summed E-state index contributed by atoms with van der Waals surface area (Å²) in [5, 5.41) is 0. The van der Waals surface area contributed by atoms with Crippen LogP contribution in [0.15, 0.2) is 12.1 Å². The number of hydrogen-bond acceptors (Lipinski definition) is 4. The van der Waals surface area contributed by atoms with Gasteiger partial charge in [0.2, 0.25) is 0 Å². The Morgan fingerprint density at radius 1 is 0.947 bits per heavy atom. The quantitative estimate of drug-likeness (QED) is 0.888. The van der Waals surface area contributed by atoms with E-state index in [-0.39, 0.29) is 5.41 Å².